The fourth-order valence-corrected chi connectivity index (χ4v) is 5.87. The number of nitrogens with zero attached hydrogens (tertiary/aromatic N) is 2. The molecule has 128 valence electrons. The maximum atomic E-state index is 12.2. The van der Waals surface area contributed by atoms with Crippen molar-refractivity contribution in [1.82, 2.24) is 9.80 Å². The predicted octanol–water partition coefficient (Wildman–Crippen LogP) is 1.39. The molecular formula is C17H26N2O3S. The molecule has 23 heavy (non-hydrogen) atoms. The van der Waals surface area contributed by atoms with Crippen LogP contribution in [0.25, 0.3) is 0 Å². The Morgan fingerprint density at radius 1 is 1.09 bits per heavy atom. The van der Waals surface area contributed by atoms with Gasteiger partial charge in [0.2, 0.25) is 0 Å². The third-order valence-corrected chi connectivity index (χ3v) is 6.66. The highest BCUT2D eigenvalue weighted by molar-refractivity contribution is 7.91. The molecule has 2 aliphatic heterocycles. The lowest BCUT2D eigenvalue weighted by molar-refractivity contribution is 0.0405. The van der Waals surface area contributed by atoms with Crippen LogP contribution in [0.3, 0.4) is 0 Å². The Bertz CT molecular complexity index is 630. The molecule has 0 aromatic heterocycles. The van der Waals surface area contributed by atoms with E-state index >= 15 is 0 Å². The van der Waals surface area contributed by atoms with Crippen LogP contribution in [-0.2, 0) is 16.4 Å². The van der Waals surface area contributed by atoms with Crippen molar-refractivity contribution in [3.05, 3.63) is 29.8 Å². The standard InChI is InChI=1S/C17H26N2O3S/c1-3-8-18-9-10-19(17-13-23(20,21)12-16(17)18)11-14-4-6-15(22-2)7-5-14/h4-7,16-17H,3,8-13H2,1-2H3/t16-,17+/m1/s1. The van der Waals surface area contributed by atoms with E-state index in [-0.39, 0.29) is 12.1 Å². The summed E-state index contributed by atoms with van der Waals surface area (Å²) in [5.41, 5.74) is 1.21. The van der Waals surface area contributed by atoms with Crippen LogP contribution in [0.2, 0.25) is 0 Å². The minimum absolute atomic E-state index is 0.127. The lowest BCUT2D eigenvalue weighted by Gasteiger charge is -2.44. The van der Waals surface area contributed by atoms with E-state index in [9.17, 15) is 8.42 Å². The maximum absolute atomic E-state index is 12.2. The number of fused-ring (bicyclic) bond motifs is 1. The molecule has 2 saturated heterocycles. The van der Waals surface area contributed by atoms with E-state index in [0.717, 1.165) is 38.3 Å². The summed E-state index contributed by atoms with van der Waals surface area (Å²) in [5.74, 6) is 1.47. The summed E-state index contributed by atoms with van der Waals surface area (Å²) in [6.07, 6.45) is 1.07. The first-order chi connectivity index (χ1) is 11.0. The molecule has 2 fully saturated rings. The van der Waals surface area contributed by atoms with Crippen molar-refractivity contribution in [2.24, 2.45) is 0 Å². The fraction of sp³-hybridized carbons (Fsp3) is 0.647. The second-order valence-corrected chi connectivity index (χ2v) is 8.72. The van der Waals surface area contributed by atoms with Crippen molar-refractivity contribution < 1.29 is 13.2 Å². The Balaban J connectivity index is 1.75. The first-order valence-corrected chi connectivity index (χ1v) is 10.2. The van der Waals surface area contributed by atoms with Crippen molar-refractivity contribution in [3.63, 3.8) is 0 Å². The highest BCUT2D eigenvalue weighted by Gasteiger charge is 2.45. The molecular weight excluding hydrogens is 312 g/mol. The molecule has 2 aliphatic rings. The zero-order valence-corrected chi connectivity index (χ0v) is 14.8. The Morgan fingerprint density at radius 2 is 1.70 bits per heavy atom. The fourth-order valence-electron chi connectivity index (χ4n) is 3.82. The third kappa shape index (κ3) is 3.70. The van der Waals surface area contributed by atoms with Gasteiger partial charge in [0.15, 0.2) is 9.84 Å². The van der Waals surface area contributed by atoms with E-state index in [2.05, 4.69) is 28.9 Å². The van der Waals surface area contributed by atoms with Gasteiger partial charge in [0.05, 0.1) is 18.6 Å². The van der Waals surface area contributed by atoms with E-state index in [4.69, 9.17) is 4.74 Å². The summed E-state index contributed by atoms with van der Waals surface area (Å²) in [4.78, 5) is 4.73. The van der Waals surface area contributed by atoms with Gasteiger partial charge >= 0.3 is 0 Å². The van der Waals surface area contributed by atoms with Crippen LogP contribution >= 0.6 is 0 Å². The van der Waals surface area contributed by atoms with Crippen LogP contribution in [0, 0.1) is 0 Å². The maximum Gasteiger partial charge on any atom is 0.153 e. The molecule has 0 unspecified atom stereocenters. The first-order valence-electron chi connectivity index (χ1n) is 8.34. The average Bonchev–Trinajstić information content (AvgIpc) is 2.86. The van der Waals surface area contributed by atoms with Crippen molar-refractivity contribution in [2.75, 3.05) is 38.2 Å². The van der Waals surface area contributed by atoms with Gasteiger partial charge in [0.1, 0.15) is 5.75 Å². The molecule has 0 bridgehead atoms. The molecule has 0 spiro atoms. The number of methoxy groups -OCH3 is 1. The minimum atomic E-state index is -2.92. The Labute approximate surface area is 139 Å². The van der Waals surface area contributed by atoms with E-state index in [1.165, 1.54) is 5.56 Å². The molecule has 1 aromatic rings. The summed E-state index contributed by atoms with van der Waals surface area (Å²) in [7, 11) is -1.26. The lowest BCUT2D eigenvalue weighted by atomic mass is 10.0. The Morgan fingerprint density at radius 3 is 2.30 bits per heavy atom. The van der Waals surface area contributed by atoms with E-state index in [0.29, 0.717) is 11.5 Å². The number of rotatable bonds is 5. The van der Waals surface area contributed by atoms with Crippen LogP contribution in [0.15, 0.2) is 24.3 Å². The van der Waals surface area contributed by atoms with Gasteiger partial charge in [-0.25, -0.2) is 8.42 Å². The van der Waals surface area contributed by atoms with Crippen molar-refractivity contribution in [1.29, 1.82) is 0 Å². The van der Waals surface area contributed by atoms with Crippen molar-refractivity contribution in [2.45, 2.75) is 32.0 Å². The molecule has 0 N–H and O–H groups in total. The summed E-state index contributed by atoms with van der Waals surface area (Å²) in [6, 6.07) is 8.34. The smallest absolute Gasteiger partial charge is 0.153 e. The van der Waals surface area contributed by atoms with Gasteiger partial charge in [-0.2, -0.15) is 0 Å². The zero-order valence-electron chi connectivity index (χ0n) is 13.9. The van der Waals surface area contributed by atoms with Gasteiger partial charge in [-0.3, -0.25) is 9.80 Å². The quantitative estimate of drug-likeness (QED) is 0.812. The predicted molar refractivity (Wildman–Crippen MR) is 91.5 cm³/mol. The zero-order chi connectivity index (χ0) is 16.4. The number of sulfone groups is 1. The number of hydrogen-bond acceptors (Lipinski definition) is 5. The molecule has 0 aliphatic carbocycles. The molecule has 6 heteroatoms. The first kappa shape index (κ1) is 16.7. The highest BCUT2D eigenvalue weighted by atomic mass is 32.2. The van der Waals surface area contributed by atoms with Crippen LogP contribution < -0.4 is 4.74 Å². The van der Waals surface area contributed by atoms with Gasteiger partial charge in [-0.05, 0) is 30.7 Å². The molecule has 0 radical (unpaired) electrons. The topological polar surface area (TPSA) is 49.9 Å². The number of ether oxygens (including phenoxy) is 1. The van der Waals surface area contributed by atoms with E-state index in [1.54, 1.807) is 7.11 Å². The monoisotopic (exact) mass is 338 g/mol. The van der Waals surface area contributed by atoms with Crippen molar-refractivity contribution in [3.8, 4) is 5.75 Å². The van der Waals surface area contributed by atoms with Gasteiger partial charge in [-0.1, -0.05) is 19.1 Å². The van der Waals surface area contributed by atoms with Gasteiger partial charge < -0.3 is 4.74 Å². The molecule has 5 nitrogen and oxygen atoms in total. The van der Waals surface area contributed by atoms with Gasteiger partial charge in [-0.15, -0.1) is 0 Å². The highest BCUT2D eigenvalue weighted by Crippen LogP contribution is 2.28. The normalized spacial score (nSPS) is 27.7. The van der Waals surface area contributed by atoms with E-state index in [1.807, 2.05) is 12.1 Å². The summed E-state index contributed by atoms with van der Waals surface area (Å²) in [6.45, 7) is 5.85. The number of piperazine rings is 1. The molecule has 0 amide bonds. The summed E-state index contributed by atoms with van der Waals surface area (Å²) < 4.78 is 29.5. The van der Waals surface area contributed by atoms with Crippen molar-refractivity contribution >= 4 is 9.84 Å². The summed E-state index contributed by atoms with van der Waals surface area (Å²) >= 11 is 0. The Kier molecular flexibility index (Phi) is 4.94. The van der Waals surface area contributed by atoms with Crippen LogP contribution in [0.1, 0.15) is 18.9 Å². The number of hydrogen-bond donors (Lipinski definition) is 0. The number of benzene rings is 1. The average molecular weight is 338 g/mol. The minimum Gasteiger partial charge on any atom is -0.497 e. The third-order valence-electron chi connectivity index (χ3n) is 4.96. The SMILES string of the molecule is CCCN1CCN(Cc2ccc(OC)cc2)[C@H]2CS(=O)(=O)C[C@H]21. The van der Waals surface area contributed by atoms with Crippen LogP contribution in [-0.4, -0.2) is 68.6 Å². The molecule has 0 saturated carbocycles. The van der Waals surface area contributed by atoms with E-state index < -0.39 is 9.84 Å². The molecule has 2 atom stereocenters. The summed E-state index contributed by atoms with van der Waals surface area (Å²) in [5, 5.41) is 0. The van der Waals surface area contributed by atoms with Crippen LogP contribution in [0.5, 0.6) is 5.75 Å². The molecule has 3 rings (SSSR count). The molecule has 1 aromatic carbocycles. The van der Waals surface area contributed by atoms with Gasteiger partial charge in [0.25, 0.3) is 0 Å². The Hall–Kier alpha value is -1.11. The van der Waals surface area contributed by atoms with Crippen LogP contribution in [0.4, 0.5) is 0 Å². The second-order valence-electron chi connectivity index (χ2n) is 6.57. The molecule has 2 heterocycles. The largest absolute Gasteiger partial charge is 0.497 e. The lowest BCUT2D eigenvalue weighted by Crippen LogP contribution is -2.58. The second kappa shape index (κ2) is 6.79. The van der Waals surface area contributed by atoms with Gasteiger partial charge in [0, 0.05) is 31.7 Å².